The largest absolute Gasteiger partial charge is 0.482 e. The predicted octanol–water partition coefficient (Wildman–Crippen LogP) is 2.84. The molecule has 0 atom stereocenters. The number of hydrogen-bond donors (Lipinski definition) is 1. The van der Waals surface area contributed by atoms with Gasteiger partial charge in [0.25, 0.3) is 5.91 Å². The van der Waals surface area contributed by atoms with Crippen molar-refractivity contribution in [1.82, 2.24) is 0 Å². The molecule has 0 aliphatic heterocycles. The van der Waals surface area contributed by atoms with Crippen LogP contribution in [0.25, 0.3) is 0 Å². The zero-order valence-electron chi connectivity index (χ0n) is 11.8. The van der Waals surface area contributed by atoms with Crippen LogP contribution in [0.3, 0.4) is 0 Å². The van der Waals surface area contributed by atoms with Gasteiger partial charge in [-0.1, -0.05) is 24.3 Å². The molecule has 2 aromatic rings. The van der Waals surface area contributed by atoms with Crippen molar-refractivity contribution in [2.24, 2.45) is 0 Å². The summed E-state index contributed by atoms with van der Waals surface area (Å²) in [4.78, 5) is 13.5. The molecule has 21 heavy (non-hydrogen) atoms. The summed E-state index contributed by atoms with van der Waals surface area (Å²) in [6, 6.07) is 13.1. The fraction of sp³-hybridized carbons (Fsp3) is 0.188. The molecule has 0 aliphatic carbocycles. The Labute approximate surface area is 122 Å². The monoisotopic (exact) mass is 288 g/mol. The maximum Gasteiger partial charge on any atom is 0.264 e. The maximum absolute atomic E-state index is 13.8. The first-order chi connectivity index (χ1) is 10.1. The first-order valence-electron chi connectivity index (χ1n) is 6.65. The van der Waals surface area contributed by atoms with Gasteiger partial charge >= 0.3 is 0 Å². The molecule has 0 fully saturated rings. The topological polar surface area (TPSA) is 55.6 Å². The Morgan fingerprint density at radius 1 is 1.19 bits per heavy atom. The van der Waals surface area contributed by atoms with E-state index in [9.17, 15) is 9.18 Å². The molecular weight excluding hydrogens is 271 g/mol. The normalized spacial score (nSPS) is 10.2. The number of benzene rings is 2. The van der Waals surface area contributed by atoms with Crippen molar-refractivity contribution < 1.29 is 13.9 Å². The Bertz CT molecular complexity index is 631. The van der Waals surface area contributed by atoms with Gasteiger partial charge in [-0.05, 0) is 31.2 Å². The second-order valence-electron chi connectivity index (χ2n) is 4.42. The highest BCUT2D eigenvalue weighted by molar-refractivity contribution is 5.94. The van der Waals surface area contributed by atoms with Gasteiger partial charge in [0.15, 0.2) is 6.61 Å². The molecule has 0 spiro atoms. The lowest BCUT2D eigenvalue weighted by Crippen LogP contribution is -2.35. The van der Waals surface area contributed by atoms with E-state index in [0.717, 1.165) is 0 Å². The zero-order valence-corrected chi connectivity index (χ0v) is 11.8. The van der Waals surface area contributed by atoms with Crippen LogP contribution in [0.15, 0.2) is 48.5 Å². The minimum Gasteiger partial charge on any atom is -0.482 e. The standard InChI is InChI=1S/C16H17FN2O2/c1-2-19(14-9-5-3-7-12(14)17)16(20)11-21-15-10-6-4-8-13(15)18/h3-10H,2,11,18H2,1H3. The second kappa shape index (κ2) is 6.74. The van der Waals surface area contributed by atoms with Crippen LogP contribution in [0.2, 0.25) is 0 Å². The molecule has 0 bridgehead atoms. The number of nitrogens with zero attached hydrogens (tertiary/aromatic N) is 1. The number of para-hydroxylation sites is 3. The van der Waals surface area contributed by atoms with Crippen LogP contribution >= 0.6 is 0 Å². The van der Waals surface area contributed by atoms with Gasteiger partial charge in [0, 0.05) is 6.54 Å². The Kier molecular flexibility index (Phi) is 4.77. The van der Waals surface area contributed by atoms with Crippen molar-refractivity contribution in [2.45, 2.75) is 6.92 Å². The van der Waals surface area contributed by atoms with Gasteiger partial charge in [0.05, 0.1) is 11.4 Å². The van der Waals surface area contributed by atoms with Crippen LogP contribution in [0.5, 0.6) is 5.75 Å². The van der Waals surface area contributed by atoms with Gasteiger partial charge in [-0.2, -0.15) is 0 Å². The van der Waals surface area contributed by atoms with E-state index in [1.165, 1.54) is 11.0 Å². The molecule has 5 heteroatoms. The van der Waals surface area contributed by atoms with Gasteiger partial charge in [-0.3, -0.25) is 4.79 Å². The molecular formula is C16H17FN2O2. The summed E-state index contributed by atoms with van der Waals surface area (Å²) in [5.74, 6) is -0.326. The first kappa shape index (κ1) is 14.8. The summed E-state index contributed by atoms with van der Waals surface area (Å²) >= 11 is 0. The number of carbonyl (C=O) groups is 1. The van der Waals surface area contributed by atoms with E-state index in [1.54, 1.807) is 49.4 Å². The molecule has 4 nitrogen and oxygen atoms in total. The van der Waals surface area contributed by atoms with E-state index in [4.69, 9.17) is 10.5 Å². The van der Waals surface area contributed by atoms with Crippen LogP contribution < -0.4 is 15.4 Å². The minimum atomic E-state index is -0.438. The fourth-order valence-corrected chi connectivity index (χ4v) is 1.98. The number of likely N-dealkylation sites (N-methyl/N-ethyl adjacent to an activating group) is 1. The summed E-state index contributed by atoms with van der Waals surface area (Å²) in [6.45, 7) is 1.94. The van der Waals surface area contributed by atoms with Gasteiger partial charge in [-0.15, -0.1) is 0 Å². The lowest BCUT2D eigenvalue weighted by molar-refractivity contribution is -0.120. The number of ether oxygens (including phenoxy) is 1. The maximum atomic E-state index is 13.8. The molecule has 2 N–H and O–H groups in total. The number of rotatable bonds is 5. The molecule has 0 radical (unpaired) electrons. The highest BCUT2D eigenvalue weighted by atomic mass is 19.1. The lowest BCUT2D eigenvalue weighted by Gasteiger charge is -2.21. The van der Waals surface area contributed by atoms with Gasteiger partial charge < -0.3 is 15.4 Å². The van der Waals surface area contributed by atoms with E-state index in [-0.39, 0.29) is 18.2 Å². The number of amides is 1. The summed E-state index contributed by atoms with van der Waals surface area (Å²) in [7, 11) is 0. The molecule has 0 saturated heterocycles. The van der Waals surface area contributed by atoms with Gasteiger partial charge in [-0.25, -0.2) is 4.39 Å². The van der Waals surface area contributed by atoms with E-state index < -0.39 is 5.82 Å². The molecule has 2 aromatic carbocycles. The molecule has 0 heterocycles. The van der Waals surface area contributed by atoms with Crippen molar-refractivity contribution in [2.75, 3.05) is 23.8 Å². The quantitative estimate of drug-likeness (QED) is 0.861. The first-order valence-corrected chi connectivity index (χ1v) is 6.65. The average Bonchev–Trinajstić information content (AvgIpc) is 2.49. The minimum absolute atomic E-state index is 0.198. The van der Waals surface area contributed by atoms with Crippen molar-refractivity contribution in [3.8, 4) is 5.75 Å². The summed E-state index contributed by atoms with van der Waals surface area (Å²) in [6.07, 6.45) is 0. The predicted molar refractivity (Wildman–Crippen MR) is 80.8 cm³/mol. The van der Waals surface area contributed by atoms with Crippen molar-refractivity contribution in [3.63, 3.8) is 0 Å². The van der Waals surface area contributed by atoms with Gasteiger partial charge in [0.2, 0.25) is 0 Å². The molecule has 110 valence electrons. The summed E-state index contributed by atoms with van der Waals surface area (Å²) in [5.41, 5.74) is 6.44. The Morgan fingerprint density at radius 3 is 2.52 bits per heavy atom. The van der Waals surface area contributed by atoms with Crippen molar-refractivity contribution in [1.29, 1.82) is 0 Å². The van der Waals surface area contributed by atoms with Crippen molar-refractivity contribution in [3.05, 3.63) is 54.3 Å². The number of anilines is 2. The molecule has 0 saturated carbocycles. The number of nitrogens with two attached hydrogens (primary N) is 1. The SMILES string of the molecule is CCN(C(=O)COc1ccccc1N)c1ccccc1F. The van der Waals surface area contributed by atoms with E-state index in [0.29, 0.717) is 18.0 Å². The Balaban J connectivity index is 2.08. The molecule has 0 aliphatic rings. The fourth-order valence-electron chi connectivity index (χ4n) is 1.98. The average molecular weight is 288 g/mol. The highest BCUT2D eigenvalue weighted by Gasteiger charge is 2.17. The number of halogens is 1. The third-order valence-electron chi connectivity index (χ3n) is 3.03. The lowest BCUT2D eigenvalue weighted by atomic mass is 10.2. The third kappa shape index (κ3) is 3.51. The summed E-state index contributed by atoms with van der Waals surface area (Å²) in [5, 5.41) is 0. The molecule has 0 aromatic heterocycles. The Hall–Kier alpha value is -2.56. The summed E-state index contributed by atoms with van der Waals surface area (Å²) < 4.78 is 19.2. The molecule has 0 unspecified atom stereocenters. The molecule has 1 amide bonds. The van der Waals surface area contributed by atoms with Crippen LogP contribution in [-0.4, -0.2) is 19.1 Å². The third-order valence-corrected chi connectivity index (χ3v) is 3.03. The van der Waals surface area contributed by atoms with Gasteiger partial charge in [0.1, 0.15) is 11.6 Å². The molecule has 2 rings (SSSR count). The van der Waals surface area contributed by atoms with Crippen LogP contribution in [0, 0.1) is 5.82 Å². The van der Waals surface area contributed by atoms with Crippen molar-refractivity contribution >= 4 is 17.3 Å². The van der Waals surface area contributed by atoms with E-state index in [1.807, 2.05) is 0 Å². The Morgan fingerprint density at radius 2 is 1.86 bits per heavy atom. The number of carbonyl (C=O) groups excluding carboxylic acids is 1. The van der Waals surface area contributed by atoms with Crippen LogP contribution in [0.4, 0.5) is 15.8 Å². The number of hydrogen-bond acceptors (Lipinski definition) is 3. The van der Waals surface area contributed by atoms with Crippen LogP contribution in [0.1, 0.15) is 6.92 Å². The van der Waals surface area contributed by atoms with E-state index >= 15 is 0 Å². The van der Waals surface area contributed by atoms with Crippen LogP contribution in [-0.2, 0) is 4.79 Å². The smallest absolute Gasteiger partial charge is 0.264 e. The second-order valence-corrected chi connectivity index (χ2v) is 4.42. The number of nitrogen functional groups attached to an aromatic ring is 1. The van der Waals surface area contributed by atoms with E-state index in [2.05, 4.69) is 0 Å². The zero-order chi connectivity index (χ0) is 15.2. The highest BCUT2D eigenvalue weighted by Crippen LogP contribution is 2.21.